The summed E-state index contributed by atoms with van der Waals surface area (Å²) in [5, 5.41) is 37.3. The van der Waals surface area contributed by atoms with Crippen LogP contribution in [0.1, 0.15) is 6.42 Å². The summed E-state index contributed by atoms with van der Waals surface area (Å²) in [5.74, 6) is -57.4. The molecule has 0 saturated carbocycles. The van der Waals surface area contributed by atoms with Gasteiger partial charge in [0, 0.05) is 6.42 Å². The van der Waals surface area contributed by atoms with Gasteiger partial charge in [0.2, 0.25) is 0 Å². The molecule has 23 heteroatoms. The molecule has 0 aromatic heterocycles. The van der Waals surface area contributed by atoms with Crippen LogP contribution in [-0.4, -0.2) is 112 Å². The summed E-state index contributed by atoms with van der Waals surface area (Å²) in [4.78, 5) is 0. The largest absolute Gasteiger partial charge is 0.460 e. The average molecular weight is 626 g/mol. The van der Waals surface area contributed by atoms with Gasteiger partial charge in [-0.15, -0.1) is 0 Å². The van der Waals surface area contributed by atoms with Gasteiger partial charge in [0.05, 0.1) is 13.2 Å². The lowest BCUT2D eigenvalue weighted by Gasteiger charge is -2.43. The number of aliphatic hydroxyl groups is 4. The summed E-state index contributed by atoms with van der Waals surface area (Å²) in [6, 6.07) is 0. The fourth-order valence-corrected chi connectivity index (χ4v) is 2.86. The molecule has 0 bridgehead atoms. The van der Waals surface area contributed by atoms with Crippen molar-refractivity contribution in [1.29, 1.82) is 0 Å². The highest BCUT2D eigenvalue weighted by molar-refractivity contribution is 5.15. The second-order valence-corrected chi connectivity index (χ2v) is 7.97. The van der Waals surface area contributed by atoms with Gasteiger partial charge in [0.15, 0.2) is 6.29 Å². The van der Waals surface area contributed by atoms with Crippen LogP contribution < -0.4 is 0 Å². The Labute approximate surface area is 203 Å². The smallest absolute Gasteiger partial charge is 0.394 e. The number of hydrogen-bond donors (Lipinski definition) is 4. The molecule has 0 aromatic rings. The first kappa shape index (κ1) is 35.6. The molecule has 5 atom stereocenters. The summed E-state index contributed by atoms with van der Waals surface area (Å²) in [7, 11) is 0. The molecule has 1 saturated heterocycles. The third kappa shape index (κ3) is 5.33. The lowest BCUT2D eigenvalue weighted by Crippen LogP contribution is -2.74. The maximum atomic E-state index is 13.8. The van der Waals surface area contributed by atoms with Crippen LogP contribution in [0.2, 0.25) is 0 Å². The summed E-state index contributed by atoms with van der Waals surface area (Å²) in [5.41, 5.74) is 0. The molecule has 1 unspecified atom stereocenters. The van der Waals surface area contributed by atoms with E-state index in [1.807, 2.05) is 0 Å². The van der Waals surface area contributed by atoms with Gasteiger partial charge in [-0.25, -0.2) is 0 Å². The van der Waals surface area contributed by atoms with Crippen molar-refractivity contribution >= 4 is 0 Å². The molecule has 0 radical (unpaired) electrons. The molecule has 6 nitrogen and oxygen atoms in total. The maximum absolute atomic E-state index is 13.8. The number of aliphatic hydroxyl groups excluding tert-OH is 4. The Kier molecular flexibility index (Phi) is 9.53. The van der Waals surface area contributed by atoms with Gasteiger partial charge in [0.25, 0.3) is 0 Å². The molecule has 39 heavy (non-hydrogen) atoms. The van der Waals surface area contributed by atoms with Crippen LogP contribution in [0.25, 0.3) is 0 Å². The van der Waals surface area contributed by atoms with Gasteiger partial charge in [-0.2, -0.15) is 74.6 Å². The number of rotatable bonds is 11. The van der Waals surface area contributed by atoms with E-state index >= 15 is 0 Å². The van der Waals surface area contributed by atoms with E-state index in [-0.39, 0.29) is 0 Å². The molecule has 1 fully saturated rings. The monoisotopic (exact) mass is 626 g/mol. The predicted molar refractivity (Wildman–Crippen MR) is 85.0 cm³/mol. The maximum Gasteiger partial charge on any atom is 0.460 e. The number of hydrogen-bond acceptors (Lipinski definition) is 6. The third-order valence-corrected chi connectivity index (χ3v) is 5.33. The minimum absolute atomic E-state index is 1.17. The molecule has 1 aliphatic heterocycles. The van der Waals surface area contributed by atoms with Gasteiger partial charge in [-0.1, -0.05) is 0 Å². The van der Waals surface area contributed by atoms with Crippen molar-refractivity contribution < 1.29 is 105 Å². The van der Waals surface area contributed by atoms with Crippen LogP contribution in [0.4, 0.5) is 74.6 Å². The lowest BCUT2D eigenvalue weighted by atomic mass is 9.88. The Hall–Kier alpha value is -1.43. The molecule has 0 aliphatic carbocycles. The molecular weight excluding hydrogens is 611 g/mol. The van der Waals surface area contributed by atoms with Crippen LogP contribution in [0.15, 0.2) is 0 Å². The minimum Gasteiger partial charge on any atom is -0.394 e. The van der Waals surface area contributed by atoms with Crippen LogP contribution in [-0.2, 0) is 9.47 Å². The normalized spacial score (nSPS) is 27.2. The zero-order valence-electron chi connectivity index (χ0n) is 18.0. The quantitative estimate of drug-likeness (QED) is 0.263. The van der Waals surface area contributed by atoms with E-state index in [2.05, 4.69) is 9.47 Å². The molecular formula is C16H15F17O6. The molecule has 1 rings (SSSR count). The minimum atomic E-state index is -8.74. The van der Waals surface area contributed by atoms with E-state index in [0.717, 1.165) is 0 Å². The molecule has 0 spiro atoms. The van der Waals surface area contributed by atoms with Crippen molar-refractivity contribution in [2.75, 3.05) is 13.2 Å². The van der Waals surface area contributed by atoms with Crippen LogP contribution in [0, 0.1) is 0 Å². The second kappa shape index (κ2) is 10.4. The average Bonchev–Trinajstić information content (AvgIpc) is 2.77. The summed E-state index contributed by atoms with van der Waals surface area (Å²) >= 11 is 0. The van der Waals surface area contributed by atoms with Crippen molar-refractivity contribution in [2.45, 2.75) is 84.8 Å². The number of ether oxygens (including phenoxy) is 2. The Morgan fingerprint density at radius 3 is 1.31 bits per heavy atom. The van der Waals surface area contributed by atoms with Gasteiger partial charge in [-0.3, -0.25) is 0 Å². The molecule has 0 aromatic carbocycles. The summed E-state index contributed by atoms with van der Waals surface area (Å²) in [6.45, 7) is -3.28. The molecule has 1 heterocycles. The first-order chi connectivity index (χ1) is 17.0. The number of halogens is 17. The van der Waals surface area contributed by atoms with Crippen molar-refractivity contribution in [2.24, 2.45) is 0 Å². The lowest BCUT2D eigenvalue weighted by molar-refractivity contribution is -0.462. The van der Waals surface area contributed by atoms with E-state index in [9.17, 15) is 90.0 Å². The fraction of sp³-hybridized carbons (Fsp3) is 1.00. The SMILES string of the molecule is OC[C@H]1OC(OCCC(F)(F)C(F)(F)C(F)(F)C(F)(F)C(F)(F)C(F)(F)C(F)(F)C(F)(F)F)[C@@H](O)[C@@H](O)[C@@H]1O. The topological polar surface area (TPSA) is 99.4 Å². The second-order valence-electron chi connectivity index (χ2n) is 7.97. The molecule has 234 valence electrons. The van der Waals surface area contributed by atoms with Gasteiger partial charge in [0.1, 0.15) is 24.4 Å². The summed E-state index contributed by atoms with van der Waals surface area (Å²) < 4.78 is 233. The first-order valence-electron chi connectivity index (χ1n) is 9.64. The highest BCUT2D eigenvalue weighted by atomic mass is 19.4. The Balaban J connectivity index is 3.27. The van der Waals surface area contributed by atoms with Crippen molar-refractivity contribution in [3.8, 4) is 0 Å². The highest BCUT2D eigenvalue weighted by Gasteiger charge is 2.95. The van der Waals surface area contributed by atoms with E-state index in [4.69, 9.17) is 5.11 Å². The Bertz CT molecular complexity index is 846. The van der Waals surface area contributed by atoms with E-state index in [1.165, 1.54) is 0 Å². The molecule has 0 amide bonds. The fourth-order valence-electron chi connectivity index (χ4n) is 2.86. The van der Waals surface area contributed by atoms with Crippen molar-refractivity contribution in [3.05, 3.63) is 0 Å². The van der Waals surface area contributed by atoms with Crippen LogP contribution >= 0.6 is 0 Å². The summed E-state index contributed by atoms with van der Waals surface area (Å²) in [6.07, 6.45) is -21.9. The first-order valence-corrected chi connectivity index (χ1v) is 9.64. The van der Waals surface area contributed by atoms with E-state index < -0.39 is 98.0 Å². The van der Waals surface area contributed by atoms with Crippen molar-refractivity contribution in [1.82, 2.24) is 0 Å². The van der Waals surface area contributed by atoms with Crippen LogP contribution in [0.5, 0.6) is 0 Å². The molecule has 1 aliphatic rings. The van der Waals surface area contributed by atoms with Gasteiger partial charge in [-0.05, 0) is 0 Å². The van der Waals surface area contributed by atoms with Gasteiger partial charge < -0.3 is 29.9 Å². The van der Waals surface area contributed by atoms with E-state index in [0.29, 0.717) is 0 Å². The zero-order chi connectivity index (χ0) is 31.4. The third-order valence-electron chi connectivity index (χ3n) is 5.33. The number of alkyl halides is 17. The zero-order valence-corrected chi connectivity index (χ0v) is 18.0. The van der Waals surface area contributed by atoms with E-state index in [1.54, 1.807) is 0 Å². The molecule has 4 N–H and O–H groups in total. The Morgan fingerprint density at radius 1 is 0.538 bits per heavy atom. The highest BCUT2D eigenvalue weighted by Crippen LogP contribution is 2.64. The van der Waals surface area contributed by atoms with Crippen molar-refractivity contribution in [3.63, 3.8) is 0 Å². The van der Waals surface area contributed by atoms with Gasteiger partial charge >= 0.3 is 47.6 Å². The predicted octanol–water partition coefficient (Wildman–Crippen LogP) is 3.20. The Morgan fingerprint density at radius 2 is 0.923 bits per heavy atom. The van der Waals surface area contributed by atoms with Crippen LogP contribution in [0.3, 0.4) is 0 Å². The standard InChI is InChI=1S/C16H15F17O6/c17-9(18,1-2-38-8-7(37)6(36)5(35)4(3-34)39-8)10(19,20)11(21,22)12(23,24)13(25,26)14(27,28)15(29,30)16(31,32)33/h4-8,34-37H,1-3H2/t4-,5-,6+,7+,8?/m1/s1.